The van der Waals surface area contributed by atoms with E-state index >= 15 is 0 Å². The molecule has 2 aliphatic rings. The van der Waals surface area contributed by atoms with Crippen molar-refractivity contribution in [3.8, 4) is 5.69 Å². The summed E-state index contributed by atoms with van der Waals surface area (Å²) in [5.74, 6) is 1.27. The van der Waals surface area contributed by atoms with E-state index in [-0.39, 0.29) is 11.9 Å². The molecule has 1 aromatic carbocycles. The zero-order valence-electron chi connectivity index (χ0n) is 12.3. The maximum atomic E-state index is 12.7. The van der Waals surface area contributed by atoms with Crippen molar-refractivity contribution in [3.05, 3.63) is 42.5 Å². The quantitative estimate of drug-likeness (QED) is 0.919. The predicted octanol–water partition coefficient (Wildman–Crippen LogP) is 1.08. The van der Waals surface area contributed by atoms with Gasteiger partial charge >= 0.3 is 0 Å². The van der Waals surface area contributed by atoms with E-state index in [1.54, 1.807) is 17.2 Å². The molecule has 1 amide bonds. The van der Waals surface area contributed by atoms with Gasteiger partial charge in [-0.05, 0) is 42.9 Å². The molecule has 0 unspecified atom stereocenters. The zero-order chi connectivity index (χ0) is 15.1. The van der Waals surface area contributed by atoms with E-state index in [1.165, 1.54) is 12.8 Å². The van der Waals surface area contributed by atoms with Crippen LogP contribution < -0.4 is 5.73 Å². The van der Waals surface area contributed by atoms with Gasteiger partial charge in [-0.25, -0.2) is 0 Å². The van der Waals surface area contributed by atoms with E-state index in [0.29, 0.717) is 18.0 Å². The average molecular weight is 297 g/mol. The van der Waals surface area contributed by atoms with Crippen LogP contribution in [-0.4, -0.2) is 44.7 Å². The number of carbonyl (C=O) groups excluding carboxylic acids is 1. The lowest BCUT2D eigenvalue weighted by Gasteiger charge is -2.16. The van der Waals surface area contributed by atoms with E-state index in [4.69, 9.17) is 5.73 Å². The molecule has 2 heterocycles. The summed E-state index contributed by atoms with van der Waals surface area (Å²) in [6.07, 6.45) is 5.78. The van der Waals surface area contributed by atoms with E-state index in [2.05, 4.69) is 10.2 Å². The third-order valence-electron chi connectivity index (χ3n) is 4.74. The van der Waals surface area contributed by atoms with Crippen LogP contribution in [0, 0.1) is 11.8 Å². The minimum absolute atomic E-state index is 0.0634. The van der Waals surface area contributed by atoms with E-state index in [1.807, 2.05) is 29.2 Å². The molecule has 1 saturated carbocycles. The summed E-state index contributed by atoms with van der Waals surface area (Å²) in [6, 6.07) is 7.67. The van der Waals surface area contributed by atoms with Gasteiger partial charge in [-0.3, -0.25) is 9.36 Å². The normalized spacial score (nSPS) is 24.7. The van der Waals surface area contributed by atoms with Crippen LogP contribution in [0.4, 0.5) is 0 Å². The molecule has 1 aromatic heterocycles. The molecule has 0 spiro atoms. The largest absolute Gasteiger partial charge is 0.337 e. The molecular weight excluding hydrogens is 278 g/mol. The van der Waals surface area contributed by atoms with Crippen LogP contribution in [0.15, 0.2) is 36.9 Å². The van der Waals surface area contributed by atoms with E-state index in [9.17, 15) is 4.79 Å². The Morgan fingerprint density at radius 1 is 1.18 bits per heavy atom. The maximum absolute atomic E-state index is 12.7. The van der Waals surface area contributed by atoms with Crippen LogP contribution in [-0.2, 0) is 0 Å². The molecule has 1 aliphatic carbocycles. The molecule has 4 rings (SSSR count). The number of likely N-dealkylation sites (tertiary alicyclic amines) is 1. The van der Waals surface area contributed by atoms with Gasteiger partial charge in [0.2, 0.25) is 0 Å². The van der Waals surface area contributed by atoms with Gasteiger partial charge < -0.3 is 10.6 Å². The van der Waals surface area contributed by atoms with Gasteiger partial charge in [0.05, 0.1) is 0 Å². The monoisotopic (exact) mass is 297 g/mol. The van der Waals surface area contributed by atoms with Gasteiger partial charge in [0.1, 0.15) is 12.7 Å². The second-order valence-corrected chi connectivity index (χ2v) is 6.29. The molecule has 0 radical (unpaired) electrons. The number of amides is 1. The fourth-order valence-electron chi connectivity index (χ4n) is 3.36. The Morgan fingerprint density at radius 2 is 1.95 bits per heavy atom. The number of aromatic nitrogens is 3. The molecular formula is C16H19N5O. The number of benzene rings is 1. The Hall–Kier alpha value is -2.21. The fourth-order valence-corrected chi connectivity index (χ4v) is 3.36. The minimum atomic E-state index is 0.0634. The van der Waals surface area contributed by atoms with Crippen LogP contribution in [0.5, 0.6) is 0 Å². The van der Waals surface area contributed by atoms with Gasteiger partial charge in [0, 0.05) is 30.4 Å². The molecule has 2 N–H and O–H groups in total. The van der Waals surface area contributed by atoms with Crippen molar-refractivity contribution in [1.29, 1.82) is 0 Å². The van der Waals surface area contributed by atoms with Crippen LogP contribution >= 0.6 is 0 Å². The fraction of sp³-hybridized carbons (Fsp3) is 0.438. The van der Waals surface area contributed by atoms with Gasteiger partial charge in [0.15, 0.2) is 0 Å². The number of nitrogens with two attached hydrogens (primary N) is 1. The van der Waals surface area contributed by atoms with E-state index < -0.39 is 0 Å². The first kappa shape index (κ1) is 13.5. The third kappa shape index (κ3) is 2.39. The molecule has 0 bridgehead atoms. The molecule has 6 heteroatoms. The van der Waals surface area contributed by atoms with Gasteiger partial charge in [-0.15, -0.1) is 10.2 Å². The molecule has 2 aromatic rings. The van der Waals surface area contributed by atoms with Crippen molar-refractivity contribution >= 4 is 5.91 Å². The van der Waals surface area contributed by atoms with Crippen LogP contribution in [0.3, 0.4) is 0 Å². The summed E-state index contributed by atoms with van der Waals surface area (Å²) in [5, 5.41) is 7.60. The summed E-state index contributed by atoms with van der Waals surface area (Å²) in [6.45, 7) is 1.46. The predicted molar refractivity (Wildman–Crippen MR) is 81.5 cm³/mol. The van der Waals surface area contributed by atoms with Crippen LogP contribution in [0.2, 0.25) is 0 Å². The van der Waals surface area contributed by atoms with Crippen molar-refractivity contribution in [1.82, 2.24) is 19.7 Å². The molecule has 1 aliphatic heterocycles. The molecule has 2 atom stereocenters. The summed E-state index contributed by atoms with van der Waals surface area (Å²) in [5.41, 5.74) is 7.80. The average Bonchev–Trinajstić information content (AvgIpc) is 3.09. The Morgan fingerprint density at radius 3 is 2.68 bits per heavy atom. The first-order valence-electron chi connectivity index (χ1n) is 7.72. The molecule has 6 nitrogen and oxygen atoms in total. The molecule has 114 valence electrons. The number of carbonyl (C=O) groups is 1. The number of nitrogens with zero attached hydrogens (tertiary/aromatic N) is 4. The zero-order valence-corrected chi connectivity index (χ0v) is 12.3. The number of hydrogen-bond donors (Lipinski definition) is 1. The standard InChI is InChI=1S/C16H19N5O/c17-15-8-20(7-14(15)11-4-5-11)16(22)12-2-1-3-13(6-12)21-9-18-19-10-21/h1-3,6,9-11,14-15H,4-5,7-8,17H2/t14-,15+/m1/s1. The van der Waals surface area contributed by atoms with Crippen molar-refractivity contribution in [2.75, 3.05) is 13.1 Å². The third-order valence-corrected chi connectivity index (χ3v) is 4.74. The summed E-state index contributed by atoms with van der Waals surface area (Å²) >= 11 is 0. The highest BCUT2D eigenvalue weighted by atomic mass is 16.2. The summed E-state index contributed by atoms with van der Waals surface area (Å²) in [4.78, 5) is 14.6. The molecule has 22 heavy (non-hydrogen) atoms. The number of rotatable bonds is 3. The highest BCUT2D eigenvalue weighted by Crippen LogP contribution is 2.41. The van der Waals surface area contributed by atoms with Crippen molar-refractivity contribution in [2.45, 2.75) is 18.9 Å². The van der Waals surface area contributed by atoms with Crippen molar-refractivity contribution in [3.63, 3.8) is 0 Å². The van der Waals surface area contributed by atoms with Crippen LogP contribution in [0.25, 0.3) is 5.69 Å². The Bertz CT molecular complexity index is 680. The van der Waals surface area contributed by atoms with Gasteiger partial charge in [-0.2, -0.15) is 0 Å². The summed E-state index contributed by atoms with van der Waals surface area (Å²) in [7, 11) is 0. The Balaban J connectivity index is 1.54. The smallest absolute Gasteiger partial charge is 0.253 e. The highest BCUT2D eigenvalue weighted by molar-refractivity contribution is 5.95. The first-order valence-corrected chi connectivity index (χ1v) is 7.72. The second kappa shape index (κ2) is 5.21. The SMILES string of the molecule is N[C@H]1CN(C(=O)c2cccc(-n3cnnc3)c2)C[C@@H]1C1CC1. The van der Waals surface area contributed by atoms with E-state index in [0.717, 1.165) is 18.2 Å². The van der Waals surface area contributed by atoms with Gasteiger partial charge in [0.25, 0.3) is 5.91 Å². The van der Waals surface area contributed by atoms with Crippen molar-refractivity contribution in [2.24, 2.45) is 17.6 Å². The highest BCUT2D eigenvalue weighted by Gasteiger charge is 2.42. The number of hydrogen-bond acceptors (Lipinski definition) is 4. The summed E-state index contributed by atoms with van der Waals surface area (Å²) < 4.78 is 1.79. The van der Waals surface area contributed by atoms with Crippen molar-refractivity contribution < 1.29 is 4.79 Å². The molecule has 1 saturated heterocycles. The maximum Gasteiger partial charge on any atom is 0.253 e. The van der Waals surface area contributed by atoms with Crippen LogP contribution in [0.1, 0.15) is 23.2 Å². The molecule has 2 fully saturated rings. The first-order chi connectivity index (χ1) is 10.7. The lowest BCUT2D eigenvalue weighted by molar-refractivity contribution is 0.0785. The second-order valence-electron chi connectivity index (χ2n) is 6.29. The lowest BCUT2D eigenvalue weighted by Crippen LogP contribution is -2.32. The minimum Gasteiger partial charge on any atom is -0.337 e. The topological polar surface area (TPSA) is 77.0 Å². The van der Waals surface area contributed by atoms with Gasteiger partial charge in [-0.1, -0.05) is 6.07 Å². The lowest BCUT2D eigenvalue weighted by atomic mass is 9.99. The Kier molecular flexibility index (Phi) is 3.18. The Labute approximate surface area is 128 Å².